The van der Waals surface area contributed by atoms with E-state index in [1.54, 1.807) is 0 Å². The maximum absolute atomic E-state index is 12.9. The van der Waals surface area contributed by atoms with Crippen molar-refractivity contribution in [1.29, 1.82) is 0 Å². The Labute approximate surface area is 99.7 Å². The van der Waals surface area contributed by atoms with Gasteiger partial charge in [-0.15, -0.1) is 0 Å². The molecule has 1 heterocycles. The van der Waals surface area contributed by atoms with E-state index in [2.05, 4.69) is 9.47 Å². The SMILES string of the molecule is CC1(C(=O)[O-])OC(C)(F)C(F)(F)O1.[Na+]. The first-order chi connectivity index (χ1) is 5.61. The Morgan fingerprint density at radius 3 is 1.79 bits per heavy atom. The zero-order valence-corrected chi connectivity index (χ0v) is 9.77. The fraction of sp³-hybridized carbons (Fsp3) is 0.833. The van der Waals surface area contributed by atoms with E-state index >= 15 is 0 Å². The third-order valence-electron chi connectivity index (χ3n) is 1.60. The Morgan fingerprint density at radius 2 is 1.64 bits per heavy atom. The number of aliphatic carboxylic acids is 1. The van der Waals surface area contributed by atoms with E-state index in [1.165, 1.54) is 0 Å². The van der Waals surface area contributed by atoms with E-state index in [9.17, 15) is 23.1 Å². The molecular formula is C6H6F3NaO4. The van der Waals surface area contributed by atoms with Gasteiger partial charge < -0.3 is 14.6 Å². The van der Waals surface area contributed by atoms with Gasteiger partial charge in [0.05, 0.1) is 0 Å². The number of hydrogen-bond acceptors (Lipinski definition) is 4. The number of ether oxygens (including phenoxy) is 2. The van der Waals surface area contributed by atoms with Crippen LogP contribution in [0.3, 0.4) is 0 Å². The summed E-state index contributed by atoms with van der Waals surface area (Å²) in [6.07, 6.45) is -4.30. The van der Waals surface area contributed by atoms with Gasteiger partial charge >= 0.3 is 41.5 Å². The Morgan fingerprint density at radius 1 is 1.21 bits per heavy atom. The zero-order chi connectivity index (χ0) is 10.5. The number of carboxylic acids is 1. The summed E-state index contributed by atoms with van der Waals surface area (Å²) >= 11 is 0. The van der Waals surface area contributed by atoms with Gasteiger partial charge in [0.15, 0.2) is 0 Å². The quantitative estimate of drug-likeness (QED) is 0.438. The monoisotopic (exact) mass is 222 g/mol. The van der Waals surface area contributed by atoms with Crippen molar-refractivity contribution in [2.75, 3.05) is 0 Å². The van der Waals surface area contributed by atoms with E-state index in [4.69, 9.17) is 0 Å². The molecule has 8 heteroatoms. The van der Waals surface area contributed by atoms with Crippen LogP contribution >= 0.6 is 0 Å². The van der Waals surface area contributed by atoms with E-state index in [-0.39, 0.29) is 29.6 Å². The molecule has 0 radical (unpaired) electrons. The van der Waals surface area contributed by atoms with Crippen LogP contribution in [0.2, 0.25) is 0 Å². The largest absolute Gasteiger partial charge is 1.00 e. The predicted octanol–water partition coefficient (Wildman–Crippen LogP) is -3.22. The van der Waals surface area contributed by atoms with Gasteiger partial charge in [0.1, 0.15) is 5.97 Å². The predicted molar refractivity (Wildman–Crippen MR) is 30.0 cm³/mol. The van der Waals surface area contributed by atoms with Crippen molar-refractivity contribution < 1.29 is 62.1 Å². The molecule has 1 aliphatic heterocycles. The molecule has 0 bridgehead atoms. The standard InChI is InChI=1S/C6H7F3O4.Na/c1-4(3(10)11)12-5(2,7)6(8,9)13-4;/h1-2H3,(H,10,11);/q;+1/p-1. The maximum Gasteiger partial charge on any atom is 1.00 e. The minimum Gasteiger partial charge on any atom is -0.544 e. The van der Waals surface area contributed by atoms with Crippen molar-refractivity contribution in [3.63, 3.8) is 0 Å². The molecule has 0 amide bonds. The van der Waals surface area contributed by atoms with Gasteiger partial charge in [-0.25, -0.2) is 4.39 Å². The Bertz CT molecular complexity index is 239. The second-order valence-electron chi connectivity index (χ2n) is 2.87. The average Bonchev–Trinajstić information content (AvgIpc) is 1.97. The fourth-order valence-electron chi connectivity index (χ4n) is 0.865. The second kappa shape index (κ2) is 3.64. The first-order valence-corrected chi connectivity index (χ1v) is 3.29. The molecule has 4 nitrogen and oxygen atoms in total. The minimum absolute atomic E-state index is 0. The summed E-state index contributed by atoms with van der Waals surface area (Å²) in [6, 6.07) is 0. The van der Waals surface area contributed by atoms with Crippen molar-refractivity contribution in [2.45, 2.75) is 31.6 Å². The van der Waals surface area contributed by atoms with Crippen molar-refractivity contribution in [2.24, 2.45) is 0 Å². The molecule has 0 spiro atoms. The molecule has 76 valence electrons. The number of rotatable bonds is 1. The van der Waals surface area contributed by atoms with Gasteiger partial charge in [-0.05, 0) is 6.92 Å². The molecule has 0 saturated carbocycles. The number of carboxylic acid groups (broad SMARTS) is 1. The van der Waals surface area contributed by atoms with Crippen LogP contribution in [0.1, 0.15) is 13.8 Å². The summed E-state index contributed by atoms with van der Waals surface area (Å²) in [6.45, 7) is 1.02. The van der Waals surface area contributed by atoms with E-state index in [1.807, 2.05) is 0 Å². The molecule has 2 unspecified atom stereocenters. The molecule has 2 atom stereocenters. The molecule has 14 heavy (non-hydrogen) atoms. The number of carbonyl (C=O) groups excluding carboxylic acids is 1. The van der Waals surface area contributed by atoms with Gasteiger partial charge in [0.2, 0.25) is 5.79 Å². The topological polar surface area (TPSA) is 58.6 Å². The van der Waals surface area contributed by atoms with Crippen molar-refractivity contribution >= 4 is 5.97 Å². The molecule has 0 aliphatic carbocycles. The normalized spacial score (nSPS) is 40.4. The number of hydrogen-bond donors (Lipinski definition) is 0. The van der Waals surface area contributed by atoms with E-state index in [0.29, 0.717) is 13.8 Å². The summed E-state index contributed by atoms with van der Waals surface area (Å²) in [4.78, 5) is 10.2. The van der Waals surface area contributed by atoms with E-state index in [0.717, 1.165) is 0 Å². The summed E-state index contributed by atoms with van der Waals surface area (Å²) in [7, 11) is 0. The first kappa shape index (κ1) is 14.2. The van der Waals surface area contributed by atoms with E-state index < -0.39 is 23.7 Å². The van der Waals surface area contributed by atoms with Gasteiger partial charge in [-0.3, -0.25) is 4.74 Å². The van der Waals surface area contributed by atoms with Gasteiger partial charge in [-0.2, -0.15) is 8.78 Å². The number of halogens is 3. The molecule has 0 aromatic rings. The van der Waals surface area contributed by atoms with Crippen molar-refractivity contribution in [1.82, 2.24) is 0 Å². The molecule has 0 aromatic carbocycles. The molecule has 1 aliphatic rings. The fourth-order valence-corrected chi connectivity index (χ4v) is 0.865. The summed E-state index contributed by atoms with van der Waals surface area (Å²) < 4.78 is 45.5. The van der Waals surface area contributed by atoms with Crippen LogP contribution in [0.25, 0.3) is 0 Å². The summed E-state index contributed by atoms with van der Waals surface area (Å²) in [5.41, 5.74) is 0. The molecule has 1 saturated heterocycles. The van der Waals surface area contributed by atoms with Crippen LogP contribution in [-0.4, -0.2) is 23.7 Å². The molecular weight excluding hydrogens is 216 g/mol. The number of alkyl halides is 3. The smallest absolute Gasteiger partial charge is 0.544 e. The van der Waals surface area contributed by atoms with Gasteiger partial charge in [0.25, 0.3) is 0 Å². The van der Waals surface area contributed by atoms with Gasteiger partial charge in [0, 0.05) is 6.92 Å². The van der Waals surface area contributed by atoms with Crippen LogP contribution in [0.15, 0.2) is 0 Å². The first-order valence-electron chi connectivity index (χ1n) is 3.29. The third kappa shape index (κ3) is 2.06. The van der Waals surface area contributed by atoms with Crippen LogP contribution in [0.4, 0.5) is 13.2 Å². The Kier molecular flexibility index (Phi) is 3.69. The molecule has 1 rings (SSSR count). The molecule has 0 aromatic heterocycles. The second-order valence-corrected chi connectivity index (χ2v) is 2.87. The van der Waals surface area contributed by atoms with Crippen LogP contribution in [-0.2, 0) is 14.3 Å². The third-order valence-corrected chi connectivity index (χ3v) is 1.60. The zero-order valence-electron chi connectivity index (χ0n) is 7.77. The average molecular weight is 222 g/mol. The minimum atomic E-state index is -4.30. The van der Waals surface area contributed by atoms with Crippen LogP contribution in [0.5, 0.6) is 0 Å². The Balaban J connectivity index is 0.00000169. The van der Waals surface area contributed by atoms with Crippen LogP contribution < -0.4 is 34.7 Å². The Hall–Kier alpha value is 0.180. The van der Waals surface area contributed by atoms with Gasteiger partial charge in [-0.1, -0.05) is 0 Å². The number of carbonyl (C=O) groups is 1. The summed E-state index contributed by atoms with van der Waals surface area (Å²) in [5, 5.41) is 10.2. The van der Waals surface area contributed by atoms with Crippen molar-refractivity contribution in [3.05, 3.63) is 0 Å². The molecule has 1 fully saturated rings. The summed E-state index contributed by atoms with van der Waals surface area (Å²) in [5.74, 6) is -8.29. The van der Waals surface area contributed by atoms with Crippen molar-refractivity contribution in [3.8, 4) is 0 Å². The maximum atomic E-state index is 12.9. The van der Waals surface area contributed by atoms with Crippen LogP contribution in [0, 0.1) is 0 Å². The molecule has 0 N–H and O–H groups in total.